The van der Waals surface area contributed by atoms with Gasteiger partial charge in [-0.15, -0.1) is 0 Å². The van der Waals surface area contributed by atoms with E-state index >= 15 is 0 Å². The molecule has 0 saturated carbocycles. The third kappa shape index (κ3) is 3.36. The lowest BCUT2D eigenvalue weighted by Gasteiger charge is -2.10. The van der Waals surface area contributed by atoms with Crippen LogP contribution in [0.4, 0.5) is 5.69 Å². The average molecular weight is 430 g/mol. The fourth-order valence-electron chi connectivity index (χ4n) is 1.86. The summed E-state index contributed by atoms with van der Waals surface area (Å²) in [5, 5.41) is 2.94. The molecule has 0 aromatic heterocycles. The van der Waals surface area contributed by atoms with Crippen molar-refractivity contribution in [1.29, 1.82) is 0 Å². The highest BCUT2D eigenvalue weighted by Crippen LogP contribution is 2.23. The second-order valence-corrected chi connectivity index (χ2v) is 6.29. The molecule has 0 aliphatic carbocycles. The van der Waals surface area contributed by atoms with Crippen molar-refractivity contribution in [3.05, 3.63) is 61.1 Å². The predicted octanol–water partition coefficient (Wildman–Crippen LogP) is 4.92. The Balaban J connectivity index is 2.27. The Bertz CT molecular complexity index is 617. The summed E-state index contributed by atoms with van der Waals surface area (Å²) >= 11 is 5.70. The van der Waals surface area contributed by atoms with E-state index in [1.54, 1.807) is 6.07 Å². The van der Waals surface area contributed by atoms with Crippen molar-refractivity contribution < 1.29 is 4.79 Å². The molecule has 2 nitrogen and oxygen atoms in total. The van der Waals surface area contributed by atoms with E-state index in [2.05, 4.69) is 43.8 Å². The Kier molecular flexibility index (Phi) is 4.62. The van der Waals surface area contributed by atoms with Gasteiger partial charge in [0.2, 0.25) is 0 Å². The van der Waals surface area contributed by atoms with Gasteiger partial charge in [0.25, 0.3) is 5.91 Å². The van der Waals surface area contributed by atoms with Gasteiger partial charge in [-0.05, 0) is 87.8 Å². The largest absolute Gasteiger partial charge is 0.322 e. The van der Waals surface area contributed by atoms with Crippen molar-refractivity contribution in [3.63, 3.8) is 0 Å². The first-order valence-corrected chi connectivity index (χ1v) is 7.69. The van der Waals surface area contributed by atoms with E-state index in [-0.39, 0.29) is 5.91 Å². The van der Waals surface area contributed by atoms with E-state index in [4.69, 9.17) is 0 Å². The molecule has 2 rings (SSSR count). The molecule has 0 aliphatic heterocycles. The van der Waals surface area contributed by atoms with Crippen LogP contribution in [0.5, 0.6) is 0 Å². The number of anilines is 1. The van der Waals surface area contributed by atoms with Crippen LogP contribution in [0.1, 0.15) is 21.5 Å². The van der Waals surface area contributed by atoms with E-state index < -0.39 is 0 Å². The van der Waals surface area contributed by atoms with Gasteiger partial charge >= 0.3 is 0 Å². The van der Waals surface area contributed by atoms with Crippen LogP contribution < -0.4 is 5.32 Å². The molecule has 0 unspecified atom stereocenters. The maximum atomic E-state index is 12.2. The summed E-state index contributed by atoms with van der Waals surface area (Å²) in [4.78, 5) is 12.2. The second kappa shape index (κ2) is 6.05. The zero-order valence-corrected chi connectivity index (χ0v) is 14.4. The summed E-state index contributed by atoms with van der Waals surface area (Å²) in [5.41, 5.74) is 3.80. The smallest absolute Gasteiger partial charge is 0.256 e. The number of carbonyl (C=O) groups is 1. The van der Waals surface area contributed by atoms with Gasteiger partial charge < -0.3 is 5.32 Å². The van der Waals surface area contributed by atoms with Crippen molar-refractivity contribution in [2.45, 2.75) is 13.8 Å². The number of halogens is 2. The standard InChI is InChI=1S/C15H13BrINO/c1-9-7-11(8-10(2)14(9)17)18-15(19)12-5-3-4-6-13(12)16/h3-8H,1-2H3,(H,18,19). The predicted molar refractivity (Wildman–Crippen MR) is 90.7 cm³/mol. The first-order chi connectivity index (χ1) is 8.99. The van der Waals surface area contributed by atoms with E-state index in [0.717, 1.165) is 10.2 Å². The van der Waals surface area contributed by atoms with Gasteiger partial charge in [-0.3, -0.25) is 4.79 Å². The Morgan fingerprint density at radius 1 is 1.16 bits per heavy atom. The third-order valence-corrected chi connectivity index (χ3v) is 5.21. The quantitative estimate of drug-likeness (QED) is 0.674. The van der Waals surface area contributed by atoms with Crippen molar-refractivity contribution in [3.8, 4) is 0 Å². The fourth-order valence-corrected chi connectivity index (χ4v) is 2.64. The molecule has 0 heterocycles. The molecule has 0 aliphatic rings. The molecule has 1 N–H and O–H groups in total. The van der Waals surface area contributed by atoms with Crippen molar-refractivity contribution >= 4 is 50.1 Å². The lowest BCUT2D eigenvalue weighted by Crippen LogP contribution is -2.13. The Hall–Kier alpha value is -0.880. The summed E-state index contributed by atoms with van der Waals surface area (Å²) in [5.74, 6) is -0.104. The molecule has 2 aromatic rings. The number of nitrogens with one attached hydrogen (secondary N) is 1. The zero-order chi connectivity index (χ0) is 14.0. The Labute approximate surface area is 134 Å². The number of benzene rings is 2. The number of amides is 1. The topological polar surface area (TPSA) is 29.1 Å². The van der Waals surface area contributed by atoms with Crippen molar-refractivity contribution in [1.82, 2.24) is 0 Å². The Morgan fingerprint density at radius 2 is 1.74 bits per heavy atom. The summed E-state index contributed by atoms with van der Waals surface area (Å²) < 4.78 is 2.03. The molecule has 0 spiro atoms. The molecule has 19 heavy (non-hydrogen) atoms. The summed E-state index contributed by atoms with van der Waals surface area (Å²) in [6.45, 7) is 4.09. The van der Waals surface area contributed by atoms with Crippen LogP contribution >= 0.6 is 38.5 Å². The molecule has 0 saturated heterocycles. The zero-order valence-electron chi connectivity index (χ0n) is 10.6. The third-order valence-electron chi connectivity index (χ3n) is 2.81. The molecule has 0 fully saturated rings. The summed E-state index contributed by atoms with van der Waals surface area (Å²) in [7, 11) is 0. The molecular formula is C15H13BrINO. The highest BCUT2D eigenvalue weighted by Gasteiger charge is 2.10. The van der Waals surface area contributed by atoms with Crippen LogP contribution in [-0.4, -0.2) is 5.91 Å². The van der Waals surface area contributed by atoms with Crippen LogP contribution in [0.25, 0.3) is 0 Å². The Morgan fingerprint density at radius 3 is 2.32 bits per heavy atom. The van der Waals surface area contributed by atoms with Gasteiger partial charge in [0, 0.05) is 13.7 Å². The number of rotatable bonds is 2. The van der Waals surface area contributed by atoms with Gasteiger partial charge in [-0.1, -0.05) is 12.1 Å². The molecule has 4 heteroatoms. The van der Waals surface area contributed by atoms with Crippen molar-refractivity contribution in [2.24, 2.45) is 0 Å². The molecule has 1 amide bonds. The summed E-state index contributed by atoms with van der Waals surface area (Å²) in [6.07, 6.45) is 0. The molecule has 0 bridgehead atoms. The van der Waals surface area contributed by atoms with Crippen LogP contribution in [0.3, 0.4) is 0 Å². The van der Waals surface area contributed by atoms with E-state index in [9.17, 15) is 4.79 Å². The lowest BCUT2D eigenvalue weighted by molar-refractivity contribution is 0.102. The maximum Gasteiger partial charge on any atom is 0.256 e. The van der Waals surface area contributed by atoms with Gasteiger partial charge in [0.1, 0.15) is 0 Å². The van der Waals surface area contributed by atoms with Crippen LogP contribution in [0, 0.1) is 17.4 Å². The molecule has 98 valence electrons. The fraction of sp³-hybridized carbons (Fsp3) is 0.133. The minimum absolute atomic E-state index is 0.104. The van der Waals surface area contributed by atoms with Gasteiger partial charge in [0.05, 0.1) is 5.56 Å². The number of hydrogen-bond donors (Lipinski definition) is 1. The number of aryl methyl sites for hydroxylation is 2. The van der Waals surface area contributed by atoms with Gasteiger partial charge in [0.15, 0.2) is 0 Å². The van der Waals surface area contributed by atoms with Crippen LogP contribution in [0.2, 0.25) is 0 Å². The molecule has 0 atom stereocenters. The molecule has 0 radical (unpaired) electrons. The monoisotopic (exact) mass is 429 g/mol. The highest BCUT2D eigenvalue weighted by atomic mass is 127. The average Bonchev–Trinajstić information content (AvgIpc) is 2.36. The number of carbonyl (C=O) groups excluding carboxylic acids is 1. The molecule has 2 aromatic carbocycles. The van der Waals surface area contributed by atoms with Crippen LogP contribution in [-0.2, 0) is 0 Å². The minimum Gasteiger partial charge on any atom is -0.322 e. The van der Waals surface area contributed by atoms with Crippen molar-refractivity contribution in [2.75, 3.05) is 5.32 Å². The second-order valence-electron chi connectivity index (χ2n) is 4.36. The molecular weight excluding hydrogens is 417 g/mol. The SMILES string of the molecule is Cc1cc(NC(=O)c2ccccc2Br)cc(C)c1I. The van der Waals surface area contributed by atoms with E-state index in [0.29, 0.717) is 5.56 Å². The van der Waals surface area contributed by atoms with E-state index in [1.807, 2.05) is 44.2 Å². The van der Waals surface area contributed by atoms with Gasteiger partial charge in [-0.2, -0.15) is 0 Å². The van der Waals surface area contributed by atoms with Crippen LogP contribution in [0.15, 0.2) is 40.9 Å². The normalized spacial score (nSPS) is 10.3. The lowest BCUT2D eigenvalue weighted by atomic mass is 10.1. The summed E-state index contributed by atoms with van der Waals surface area (Å²) in [6, 6.07) is 11.4. The number of hydrogen-bond acceptors (Lipinski definition) is 1. The van der Waals surface area contributed by atoms with E-state index in [1.165, 1.54) is 14.7 Å². The van der Waals surface area contributed by atoms with Gasteiger partial charge in [-0.25, -0.2) is 0 Å². The first-order valence-electron chi connectivity index (χ1n) is 5.81. The highest BCUT2D eigenvalue weighted by molar-refractivity contribution is 14.1. The first kappa shape index (κ1) is 14.5. The maximum absolute atomic E-state index is 12.2. The minimum atomic E-state index is -0.104.